The highest BCUT2D eigenvalue weighted by molar-refractivity contribution is 5.81. The van der Waals surface area contributed by atoms with Gasteiger partial charge < -0.3 is 10.2 Å². The van der Waals surface area contributed by atoms with E-state index < -0.39 is 0 Å². The van der Waals surface area contributed by atoms with Crippen molar-refractivity contribution >= 4 is 5.91 Å². The molecule has 1 unspecified atom stereocenters. The molecule has 1 rings (SSSR count). The highest BCUT2D eigenvalue weighted by atomic mass is 16.2. The lowest BCUT2D eigenvalue weighted by molar-refractivity contribution is -0.131. The molecular weight excluding hydrogens is 248 g/mol. The van der Waals surface area contributed by atoms with Crippen molar-refractivity contribution in [3.05, 3.63) is 0 Å². The maximum atomic E-state index is 12.1. The largest absolute Gasteiger partial charge is 0.341 e. The number of nitrogens with zero attached hydrogens (tertiary/aromatic N) is 1. The maximum absolute atomic E-state index is 12.1. The van der Waals surface area contributed by atoms with Gasteiger partial charge in [0.15, 0.2) is 0 Å². The van der Waals surface area contributed by atoms with E-state index in [0.29, 0.717) is 5.91 Å². The summed E-state index contributed by atoms with van der Waals surface area (Å²) in [6.07, 6.45) is 13.1. The topological polar surface area (TPSA) is 32.3 Å². The summed E-state index contributed by atoms with van der Waals surface area (Å²) in [6.45, 7) is 7.17. The number of carbonyl (C=O) groups excluding carboxylic acids is 1. The summed E-state index contributed by atoms with van der Waals surface area (Å²) in [5.41, 5.74) is 0. The first kappa shape index (κ1) is 17.5. The lowest BCUT2D eigenvalue weighted by Crippen LogP contribution is -2.43. The van der Waals surface area contributed by atoms with E-state index in [0.717, 1.165) is 19.6 Å². The van der Waals surface area contributed by atoms with Crippen molar-refractivity contribution in [3.63, 3.8) is 0 Å². The van der Waals surface area contributed by atoms with Crippen LogP contribution in [0.25, 0.3) is 0 Å². The zero-order chi connectivity index (χ0) is 14.6. The predicted octanol–water partition coefficient (Wildman–Crippen LogP) is 3.73. The fourth-order valence-electron chi connectivity index (χ4n) is 2.88. The van der Waals surface area contributed by atoms with Crippen molar-refractivity contribution in [3.8, 4) is 0 Å². The van der Waals surface area contributed by atoms with Crippen LogP contribution in [0.15, 0.2) is 0 Å². The molecule has 0 aromatic rings. The van der Waals surface area contributed by atoms with E-state index in [1.165, 1.54) is 64.2 Å². The van der Waals surface area contributed by atoms with E-state index in [2.05, 4.69) is 12.2 Å². The summed E-state index contributed by atoms with van der Waals surface area (Å²) >= 11 is 0. The second-order valence-electron chi connectivity index (χ2n) is 6.18. The average Bonchev–Trinajstić information content (AvgIpc) is 2.98. The van der Waals surface area contributed by atoms with Crippen LogP contribution in [-0.2, 0) is 4.79 Å². The van der Waals surface area contributed by atoms with Crippen LogP contribution >= 0.6 is 0 Å². The molecule has 1 N–H and O–H groups in total. The quantitative estimate of drug-likeness (QED) is 0.586. The van der Waals surface area contributed by atoms with Crippen LogP contribution in [0, 0.1) is 0 Å². The fraction of sp³-hybridized carbons (Fsp3) is 0.941. The summed E-state index contributed by atoms with van der Waals surface area (Å²) < 4.78 is 0. The van der Waals surface area contributed by atoms with Crippen LogP contribution in [0.5, 0.6) is 0 Å². The Bertz CT molecular complexity index is 249. The van der Waals surface area contributed by atoms with Gasteiger partial charge in [-0.3, -0.25) is 4.79 Å². The van der Waals surface area contributed by atoms with Gasteiger partial charge in [0.2, 0.25) is 5.91 Å². The third-order valence-corrected chi connectivity index (χ3v) is 4.27. The highest BCUT2D eigenvalue weighted by Gasteiger charge is 2.22. The van der Waals surface area contributed by atoms with Crippen LogP contribution in [-0.4, -0.2) is 36.5 Å². The Morgan fingerprint density at radius 3 is 2.15 bits per heavy atom. The number of hydrogen-bond acceptors (Lipinski definition) is 2. The van der Waals surface area contributed by atoms with Crippen molar-refractivity contribution in [2.45, 2.75) is 84.1 Å². The van der Waals surface area contributed by atoms with Gasteiger partial charge in [-0.2, -0.15) is 0 Å². The number of hydrogen-bond donors (Lipinski definition) is 1. The van der Waals surface area contributed by atoms with Crippen molar-refractivity contribution in [1.82, 2.24) is 10.2 Å². The first-order chi connectivity index (χ1) is 9.75. The zero-order valence-electron chi connectivity index (χ0n) is 13.6. The monoisotopic (exact) mass is 282 g/mol. The van der Waals surface area contributed by atoms with Gasteiger partial charge in [-0.05, 0) is 32.7 Å². The summed E-state index contributed by atoms with van der Waals surface area (Å²) in [6, 6.07) is -0.00217. The van der Waals surface area contributed by atoms with E-state index in [9.17, 15) is 4.79 Å². The Kier molecular flexibility index (Phi) is 9.73. The molecule has 3 nitrogen and oxygen atoms in total. The summed E-state index contributed by atoms with van der Waals surface area (Å²) in [4.78, 5) is 14.1. The number of carbonyl (C=O) groups is 1. The van der Waals surface area contributed by atoms with E-state index >= 15 is 0 Å². The molecule has 0 spiro atoms. The van der Waals surface area contributed by atoms with E-state index in [1.807, 2.05) is 11.8 Å². The number of amides is 1. The third kappa shape index (κ3) is 7.28. The summed E-state index contributed by atoms with van der Waals surface area (Å²) in [7, 11) is 0. The van der Waals surface area contributed by atoms with Gasteiger partial charge in [0.05, 0.1) is 6.04 Å². The predicted molar refractivity (Wildman–Crippen MR) is 85.9 cm³/mol. The number of rotatable bonds is 11. The van der Waals surface area contributed by atoms with Crippen LogP contribution in [0.4, 0.5) is 0 Å². The van der Waals surface area contributed by atoms with Gasteiger partial charge in [0, 0.05) is 13.1 Å². The van der Waals surface area contributed by atoms with Gasteiger partial charge in [-0.15, -0.1) is 0 Å². The number of likely N-dealkylation sites (tertiary alicyclic amines) is 1. The van der Waals surface area contributed by atoms with E-state index in [1.54, 1.807) is 0 Å². The molecule has 3 heteroatoms. The number of unbranched alkanes of at least 4 members (excludes halogenated alkanes) is 7. The first-order valence-corrected chi connectivity index (χ1v) is 8.78. The molecule has 1 heterocycles. The van der Waals surface area contributed by atoms with Crippen molar-refractivity contribution in [2.75, 3.05) is 19.6 Å². The molecule has 0 radical (unpaired) electrons. The van der Waals surface area contributed by atoms with Crippen molar-refractivity contribution < 1.29 is 4.79 Å². The molecule has 1 atom stereocenters. The SMILES string of the molecule is CCCCCCCCCCNC(C)C(=O)N1CCCC1. The minimum absolute atomic E-state index is 0.00217. The molecule has 1 fully saturated rings. The van der Waals surface area contributed by atoms with Gasteiger partial charge >= 0.3 is 0 Å². The Labute approximate surface area is 125 Å². The Morgan fingerprint density at radius 1 is 1.00 bits per heavy atom. The molecule has 118 valence electrons. The van der Waals surface area contributed by atoms with Crippen molar-refractivity contribution in [1.29, 1.82) is 0 Å². The summed E-state index contributed by atoms with van der Waals surface area (Å²) in [5, 5.41) is 3.38. The molecule has 0 saturated carbocycles. The summed E-state index contributed by atoms with van der Waals surface area (Å²) in [5.74, 6) is 0.294. The maximum Gasteiger partial charge on any atom is 0.239 e. The average molecular weight is 282 g/mol. The normalized spacial score (nSPS) is 16.6. The zero-order valence-corrected chi connectivity index (χ0v) is 13.6. The van der Waals surface area contributed by atoms with Gasteiger partial charge in [0.1, 0.15) is 0 Å². The molecule has 1 aliphatic rings. The molecule has 0 aliphatic carbocycles. The van der Waals surface area contributed by atoms with Crippen LogP contribution in [0.2, 0.25) is 0 Å². The molecule has 0 aromatic heterocycles. The Balaban J connectivity index is 1.91. The fourth-order valence-corrected chi connectivity index (χ4v) is 2.88. The third-order valence-electron chi connectivity index (χ3n) is 4.27. The highest BCUT2D eigenvalue weighted by Crippen LogP contribution is 2.10. The standard InChI is InChI=1S/C17H34N2O/c1-3-4-5-6-7-8-9-10-13-18-16(2)17(20)19-14-11-12-15-19/h16,18H,3-15H2,1-2H3. The second-order valence-corrected chi connectivity index (χ2v) is 6.18. The molecule has 1 saturated heterocycles. The molecule has 1 aliphatic heterocycles. The van der Waals surface area contributed by atoms with Gasteiger partial charge in [0.25, 0.3) is 0 Å². The minimum atomic E-state index is -0.00217. The van der Waals surface area contributed by atoms with Crippen LogP contribution in [0.1, 0.15) is 78.1 Å². The minimum Gasteiger partial charge on any atom is -0.341 e. The van der Waals surface area contributed by atoms with Crippen molar-refractivity contribution in [2.24, 2.45) is 0 Å². The van der Waals surface area contributed by atoms with Gasteiger partial charge in [-0.1, -0.05) is 51.9 Å². The molecule has 1 amide bonds. The lowest BCUT2D eigenvalue weighted by atomic mass is 10.1. The second kappa shape index (κ2) is 11.1. The number of nitrogens with one attached hydrogen (secondary N) is 1. The Morgan fingerprint density at radius 2 is 1.55 bits per heavy atom. The molecule has 0 bridgehead atoms. The lowest BCUT2D eigenvalue weighted by Gasteiger charge is -2.21. The van der Waals surface area contributed by atoms with Crippen LogP contribution in [0.3, 0.4) is 0 Å². The first-order valence-electron chi connectivity index (χ1n) is 8.78. The van der Waals surface area contributed by atoms with E-state index in [-0.39, 0.29) is 6.04 Å². The molecule has 0 aromatic carbocycles. The Hall–Kier alpha value is -0.570. The smallest absolute Gasteiger partial charge is 0.239 e. The van der Waals surface area contributed by atoms with Gasteiger partial charge in [-0.25, -0.2) is 0 Å². The van der Waals surface area contributed by atoms with E-state index in [4.69, 9.17) is 0 Å². The molecule has 20 heavy (non-hydrogen) atoms. The van der Waals surface area contributed by atoms with Crippen LogP contribution < -0.4 is 5.32 Å². The molecular formula is C17H34N2O.